The Balaban J connectivity index is 1.42. The highest BCUT2D eigenvalue weighted by Crippen LogP contribution is 2.34. The van der Waals surface area contributed by atoms with Crippen molar-refractivity contribution >= 4 is 45.5 Å². The molecule has 35 heavy (non-hydrogen) atoms. The molecule has 0 aliphatic carbocycles. The highest BCUT2D eigenvalue weighted by molar-refractivity contribution is 9.10. The van der Waals surface area contributed by atoms with Gasteiger partial charge < -0.3 is 18.9 Å². The minimum Gasteiger partial charge on any atom is -0.454 e. The molecule has 2 aliphatic rings. The summed E-state index contributed by atoms with van der Waals surface area (Å²) in [7, 11) is 0. The number of benzene rings is 3. The van der Waals surface area contributed by atoms with Crippen LogP contribution in [0.3, 0.4) is 0 Å². The summed E-state index contributed by atoms with van der Waals surface area (Å²) in [5.74, 6) is -0.0394. The summed E-state index contributed by atoms with van der Waals surface area (Å²) in [5.41, 5.74) is 0.901. The van der Waals surface area contributed by atoms with E-state index in [0.717, 1.165) is 0 Å². The van der Waals surface area contributed by atoms with Crippen molar-refractivity contribution in [3.8, 4) is 17.2 Å². The molecule has 0 amide bonds. The topological polar surface area (TPSA) is 127 Å². The predicted octanol–water partition coefficient (Wildman–Crippen LogP) is 4.65. The Morgan fingerprint density at radius 3 is 2.60 bits per heavy atom. The van der Waals surface area contributed by atoms with E-state index in [2.05, 4.69) is 20.9 Å². The summed E-state index contributed by atoms with van der Waals surface area (Å²) >= 11 is 3.36. The highest BCUT2D eigenvalue weighted by Gasteiger charge is 2.26. The Morgan fingerprint density at radius 2 is 1.83 bits per heavy atom. The molecule has 0 N–H and O–H groups in total. The molecule has 0 spiro atoms. The molecule has 11 heteroatoms. The number of non-ortho nitro benzene ring substituents is 1. The number of carbonyl (C=O) groups is 2. The maximum Gasteiger partial charge on any atom is 0.363 e. The Bertz CT molecular complexity index is 1450. The van der Waals surface area contributed by atoms with Gasteiger partial charge in [0.25, 0.3) is 5.69 Å². The zero-order valence-corrected chi connectivity index (χ0v) is 19.2. The normalized spacial score (nSPS) is 15.1. The number of esters is 2. The number of nitro benzene ring substituents is 1. The number of cyclic esters (lactones) is 1. The number of ether oxygens (including phenoxy) is 4. The average Bonchev–Trinajstić information content (AvgIpc) is 3.46. The first-order valence-electron chi connectivity index (χ1n) is 10.1. The second-order valence-electron chi connectivity index (χ2n) is 7.28. The molecule has 0 saturated heterocycles. The van der Waals surface area contributed by atoms with E-state index in [1.165, 1.54) is 30.3 Å². The second-order valence-corrected chi connectivity index (χ2v) is 8.20. The fourth-order valence-corrected chi connectivity index (χ4v) is 3.69. The third kappa shape index (κ3) is 4.62. The number of carbonyl (C=O) groups excluding carboxylic acids is 2. The van der Waals surface area contributed by atoms with Crippen molar-refractivity contribution in [3.05, 3.63) is 97.6 Å². The highest BCUT2D eigenvalue weighted by atomic mass is 79.9. The molecule has 0 radical (unpaired) electrons. The summed E-state index contributed by atoms with van der Waals surface area (Å²) in [4.78, 5) is 39.6. The minimum atomic E-state index is -0.722. The van der Waals surface area contributed by atoms with Gasteiger partial charge in [-0.05, 0) is 54.6 Å². The molecule has 5 rings (SSSR count). The number of hydrogen-bond acceptors (Lipinski definition) is 9. The Hall–Kier alpha value is -4.51. The van der Waals surface area contributed by atoms with Crippen molar-refractivity contribution in [2.45, 2.75) is 0 Å². The van der Waals surface area contributed by atoms with E-state index >= 15 is 0 Å². The maximum absolute atomic E-state index is 12.6. The molecule has 10 nitrogen and oxygen atoms in total. The van der Waals surface area contributed by atoms with E-state index in [9.17, 15) is 19.7 Å². The summed E-state index contributed by atoms with van der Waals surface area (Å²) in [6.45, 7) is 0.112. The molecule has 2 aliphatic heterocycles. The number of nitro groups is 1. The largest absolute Gasteiger partial charge is 0.454 e. The Morgan fingerprint density at radius 1 is 1.06 bits per heavy atom. The molecule has 0 unspecified atom stereocenters. The van der Waals surface area contributed by atoms with Crippen LogP contribution >= 0.6 is 15.9 Å². The van der Waals surface area contributed by atoms with Crippen molar-refractivity contribution in [1.29, 1.82) is 0 Å². The monoisotopic (exact) mass is 536 g/mol. The van der Waals surface area contributed by atoms with Gasteiger partial charge in [0.1, 0.15) is 5.75 Å². The van der Waals surface area contributed by atoms with Crippen LogP contribution in [0.1, 0.15) is 21.5 Å². The van der Waals surface area contributed by atoms with Crippen LogP contribution in [-0.4, -0.2) is 29.6 Å². The molecule has 0 saturated carbocycles. The maximum atomic E-state index is 12.6. The standard InChI is InChI=1S/C24H13BrN2O8/c25-16-4-8-19(34-23(28)13-1-5-17(6-2-13)27(30)31)15(9-16)10-18-24(29)35-22(26-18)14-3-7-20-21(11-14)33-12-32-20/h1-11H,12H2/b18-10+. The molecule has 0 atom stereocenters. The van der Waals surface area contributed by atoms with Crippen LogP contribution in [-0.2, 0) is 9.53 Å². The third-order valence-electron chi connectivity index (χ3n) is 5.02. The third-order valence-corrected chi connectivity index (χ3v) is 5.51. The van der Waals surface area contributed by atoms with E-state index in [0.29, 0.717) is 27.1 Å². The first-order valence-corrected chi connectivity index (χ1v) is 10.9. The minimum absolute atomic E-state index is 0.00315. The van der Waals surface area contributed by atoms with Gasteiger partial charge in [0.15, 0.2) is 17.2 Å². The van der Waals surface area contributed by atoms with Crippen molar-refractivity contribution < 1.29 is 33.5 Å². The fraction of sp³-hybridized carbons (Fsp3) is 0.0417. The van der Waals surface area contributed by atoms with E-state index in [1.807, 2.05) is 0 Å². The molecule has 3 aromatic rings. The van der Waals surface area contributed by atoms with E-state index in [1.54, 1.807) is 36.4 Å². The van der Waals surface area contributed by atoms with Crippen LogP contribution in [0.5, 0.6) is 17.2 Å². The number of nitrogens with zero attached hydrogens (tertiary/aromatic N) is 2. The van der Waals surface area contributed by atoms with Crippen LogP contribution in [0.15, 0.2) is 75.8 Å². The number of fused-ring (bicyclic) bond motifs is 1. The van der Waals surface area contributed by atoms with Crippen molar-refractivity contribution in [2.24, 2.45) is 4.99 Å². The average molecular weight is 537 g/mol. The van der Waals surface area contributed by atoms with Crippen LogP contribution in [0, 0.1) is 10.1 Å². The van der Waals surface area contributed by atoms with Crippen LogP contribution in [0.4, 0.5) is 5.69 Å². The van der Waals surface area contributed by atoms with Gasteiger partial charge in [0, 0.05) is 27.7 Å². The van der Waals surface area contributed by atoms with E-state index in [4.69, 9.17) is 18.9 Å². The number of hydrogen-bond donors (Lipinski definition) is 0. The van der Waals surface area contributed by atoms with Crippen LogP contribution in [0.25, 0.3) is 6.08 Å². The first-order chi connectivity index (χ1) is 16.9. The molecule has 2 heterocycles. The quantitative estimate of drug-likeness (QED) is 0.151. The first kappa shape index (κ1) is 22.3. The van der Waals surface area contributed by atoms with Crippen LogP contribution < -0.4 is 14.2 Å². The Labute approximate surface area is 205 Å². The van der Waals surface area contributed by atoms with Gasteiger partial charge in [-0.2, -0.15) is 0 Å². The van der Waals surface area contributed by atoms with Crippen molar-refractivity contribution in [3.63, 3.8) is 0 Å². The van der Waals surface area contributed by atoms with Crippen molar-refractivity contribution in [2.75, 3.05) is 6.79 Å². The molecule has 0 fully saturated rings. The van der Waals surface area contributed by atoms with Crippen LogP contribution in [0.2, 0.25) is 0 Å². The van der Waals surface area contributed by atoms with Crippen molar-refractivity contribution in [1.82, 2.24) is 0 Å². The van der Waals surface area contributed by atoms with Gasteiger partial charge in [-0.15, -0.1) is 0 Å². The summed E-state index contributed by atoms with van der Waals surface area (Å²) in [6.07, 6.45) is 1.44. The SMILES string of the molecule is O=C1OC(c2ccc3c(c2)OCO3)=N/C1=C/c1cc(Br)ccc1OC(=O)c1ccc([N+](=O)[O-])cc1. The van der Waals surface area contributed by atoms with Gasteiger partial charge in [-0.25, -0.2) is 14.6 Å². The summed E-state index contributed by atoms with van der Waals surface area (Å²) in [5, 5.41) is 10.8. The Kier molecular flexibility index (Phi) is 5.75. The lowest BCUT2D eigenvalue weighted by Crippen LogP contribution is -2.09. The predicted molar refractivity (Wildman–Crippen MR) is 125 cm³/mol. The number of rotatable bonds is 5. The molecule has 3 aromatic carbocycles. The molecule has 174 valence electrons. The number of halogens is 1. The fourth-order valence-electron chi connectivity index (χ4n) is 3.31. The second kappa shape index (κ2) is 9.03. The van der Waals surface area contributed by atoms with Gasteiger partial charge in [-0.1, -0.05) is 15.9 Å². The molecule has 0 aromatic heterocycles. The lowest BCUT2D eigenvalue weighted by Gasteiger charge is -2.08. The summed E-state index contributed by atoms with van der Waals surface area (Å²) in [6, 6.07) is 14.9. The smallest absolute Gasteiger partial charge is 0.363 e. The van der Waals surface area contributed by atoms with Gasteiger partial charge in [0.05, 0.1) is 10.5 Å². The lowest BCUT2D eigenvalue weighted by molar-refractivity contribution is -0.384. The molecule has 0 bridgehead atoms. The van der Waals surface area contributed by atoms with Gasteiger partial charge in [-0.3, -0.25) is 10.1 Å². The van der Waals surface area contributed by atoms with Gasteiger partial charge in [0.2, 0.25) is 12.7 Å². The zero-order valence-electron chi connectivity index (χ0n) is 17.6. The molecular formula is C24H13BrN2O8. The summed E-state index contributed by atoms with van der Waals surface area (Å²) < 4.78 is 22.1. The van der Waals surface area contributed by atoms with E-state index in [-0.39, 0.29) is 35.4 Å². The number of aliphatic imine (C=N–C) groups is 1. The zero-order chi connectivity index (χ0) is 24.5. The van der Waals surface area contributed by atoms with Gasteiger partial charge >= 0.3 is 11.9 Å². The van der Waals surface area contributed by atoms with E-state index < -0.39 is 16.9 Å². The lowest BCUT2D eigenvalue weighted by atomic mass is 10.1. The molecular weight excluding hydrogens is 524 g/mol.